The van der Waals surface area contributed by atoms with Gasteiger partial charge in [0.2, 0.25) is 0 Å². The van der Waals surface area contributed by atoms with E-state index in [1.165, 1.54) is 5.56 Å². The highest BCUT2D eigenvalue weighted by Gasteiger charge is 2.42. The molecule has 0 spiro atoms. The quantitative estimate of drug-likeness (QED) is 0.535. The fraction of sp³-hybridized carbons (Fsp3) is 0.154. The van der Waals surface area contributed by atoms with Crippen LogP contribution in [0.4, 0.5) is 0 Å². The summed E-state index contributed by atoms with van der Waals surface area (Å²) in [5.41, 5.74) is 6.54. The van der Waals surface area contributed by atoms with Crippen molar-refractivity contribution in [2.45, 2.75) is 19.6 Å². The molecule has 1 atom stereocenters. The van der Waals surface area contributed by atoms with Crippen LogP contribution in [0.15, 0.2) is 96.6 Å². The monoisotopic (exact) mass is 368 g/mol. The van der Waals surface area contributed by atoms with Crippen molar-refractivity contribution >= 4 is 11.3 Å². The molecule has 0 aromatic heterocycles. The van der Waals surface area contributed by atoms with Crippen molar-refractivity contribution in [2.24, 2.45) is 0 Å². The van der Waals surface area contributed by atoms with Gasteiger partial charge in [-0.1, -0.05) is 90.5 Å². The molecule has 0 fully saturated rings. The van der Waals surface area contributed by atoms with Crippen molar-refractivity contribution in [2.75, 3.05) is 7.11 Å². The van der Waals surface area contributed by atoms with E-state index in [4.69, 9.17) is 9.47 Å². The number of hydrogen-bond acceptors (Lipinski definition) is 2. The molecule has 140 valence electrons. The van der Waals surface area contributed by atoms with Gasteiger partial charge in [-0.3, -0.25) is 0 Å². The molecule has 1 heterocycles. The Morgan fingerprint density at radius 2 is 1.32 bits per heavy atom. The summed E-state index contributed by atoms with van der Waals surface area (Å²) in [5.74, 6) is -0.172. The molecule has 1 unspecified atom stereocenters. The van der Waals surface area contributed by atoms with Crippen LogP contribution in [-0.2, 0) is 15.3 Å². The molecule has 2 heteroatoms. The maximum absolute atomic E-state index is 6.56. The second-order valence-corrected chi connectivity index (χ2v) is 7.07. The lowest BCUT2D eigenvalue weighted by atomic mass is 9.87. The molecule has 0 radical (unpaired) electrons. The molecule has 0 aliphatic carbocycles. The summed E-state index contributed by atoms with van der Waals surface area (Å²) in [7, 11) is 1.71. The van der Waals surface area contributed by atoms with Gasteiger partial charge in [0.15, 0.2) is 0 Å². The van der Waals surface area contributed by atoms with Crippen LogP contribution >= 0.6 is 0 Å². The molecule has 28 heavy (non-hydrogen) atoms. The summed E-state index contributed by atoms with van der Waals surface area (Å²) in [5, 5.41) is 0. The minimum absolute atomic E-state index is 0.799. The average Bonchev–Trinajstić information content (AvgIpc) is 2.76. The fourth-order valence-corrected chi connectivity index (χ4v) is 3.70. The molecule has 4 rings (SSSR count). The lowest BCUT2D eigenvalue weighted by Crippen LogP contribution is -2.35. The number of benzene rings is 3. The van der Waals surface area contributed by atoms with Gasteiger partial charge >= 0.3 is 0 Å². The van der Waals surface area contributed by atoms with E-state index in [0.29, 0.717) is 0 Å². The van der Waals surface area contributed by atoms with E-state index in [1.54, 1.807) is 7.11 Å². The predicted molar refractivity (Wildman–Crippen MR) is 114 cm³/mol. The summed E-state index contributed by atoms with van der Waals surface area (Å²) >= 11 is 0. The number of ether oxygens (including phenoxy) is 2. The molecular formula is C26H24O2. The second kappa shape index (κ2) is 7.49. The topological polar surface area (TPSA) is 18.5 Å². The molecule has 3 aromatic carbocycles. The number of allylic oxidation sites excluding steroid dienone is 2. The lowest BCUT2D eigenvalue weighted by Gasteiger charge is -2.39. The van der Waals surface area contributed by atoms with Crippen molar-refractivity contribution in [3.8, 4) is 0 Å². The van der Waals surface area contributed by atoms with E-state index < -0.39 is 5.79 Å². The average molecular weight is 368 g/mol. The maximum atomic E-state index is 6.56. The van der Waals surface area contributed by atoms with Gasteiger partial charge in [-0.15, -0.1) is 0 Å². The third-order valence-corrected chi connectivity index (χ3v) is 5.29. The van der Waals surface area contributed by atoms with E-state index in [0.717, 1.165) is 33.6 Å². The molecule has 1 aliphatic heterocycles. The molecule has 0 amide bonds. The highest BCUT2D eigenvalue weighted by molar-refractivity contribution is 5.86. The zero-order chi connectivity index (χ0) is 19.6. The SMILES string of the molecule is COC1(c2ccccc2)OC(c2ccccc2)=CC(c2ccc(C)cc2)=C1C. The fourth-order valence-electron chi connectivity index (χ4n) is 3.70. The number of rotatable bonds is 4. The van der Waals surface area contributed by atoms with E-state index in [-0.39, 0.29) is 0 Å². The Balaban J connectivity index is 1.95. The van der Waals surface area contributed by atoms with E-state index in [1.807, 2.05) is 48.5 Å². The third-order valence-electron chi connectivity index (χ3n) is 5.29. The maximum Gasteiger partial charge on any atom is 0.260 e. The summed E-state index contributed by atoms with van der Waals surface area (Å²) in [6, 6.07) is 28.9. The Morgan fingerprint density at radius 3 is 1.93 bits per heavy atom. The smallest absolute Gasteiger partial charge is 0.260 e. The molecule has 2 nitrogen and oxygen atoms in total. The number of hydrogen-bond donors (Lipinski definition) is 0. The van der Waals surface area contributed by atoms with Crippen LogP contribution in [0.1, 0.15) is 29.2 Å². The minimum Gasteiger partial charge on any atom is -0.453 e. The van der Waals surface area contributed by atoms with E-state index in [9.17, 15) is 0 Å². The Kier molecular flexibility index (Phi) is 4.89. The zero-order valence-electron chi connectivity index (χ0n) is 16.5. The van der Waals surface area contributed by atoms with Crippen molar-refractivity contribution in [1.82, 2.24) is 0 Å². The lowest BCUT2D eigenvalue weighted by molar-refractivity contribution is -0.160. The first-order valence-corrected chi connectivity index (χ1v) is 9.49. The van der Waals surface area contributed by atoms with E-state index in [2.05, 4.69) is 56.3 Å². The van der Waals surface area contributed by atoms with Crippen LogP contribution in [0.25, 0.3) is 11.3 Å². The molecule has 0 N–H and O–H groups in total. The zero-order valence-corrected chi connectivity index (χ0v) is 16.5. The largest absolute Gasteiger partial charge is 0.453 e. The Morgan fingerprint density at radius 1 is 0.714 bits per heavy atom. The summed E-state index contributed by atoms with van der Waals surface area (Å²) < 4.78 is 12.6. The third kappa shape index (κ3) is 3.17. The van der Waals surface area contributed by atoms with Crippen LogP contribution in [-0.4, -0.2) is 7.11 Å². The minimum atomic E-state index is -0.971. The number of methoxy groups -OCH3 is 1. The first-order chi connectivity index (χ1) is 13.6. The van der Waals surface area contributed by atoms with Crippen molar-refractivity contribution in [3.05, 3.63) is 119 Å². The molecule has 1 aliphatic rings. The highest BCUT2D eigenvalue weighted by atomic mass is 16.7. The molecule has 0 saturated carbocycles. The van der Waals surface area contributed by atoms with Crippen molar-refractivity contribution in [1.29, 1.82) is 0 Å². The molecule has 3 aromatic rings. The van der Waals surface area contributed by atoms with E-state index >= 15 is 0 Å². The van der Waals surface area contributed by atoms with Crippen LogP contribution in [0, 0.1) is 6.92 Å². The van der Waals surface area contributed by atoms with Gasteiger partial charge < -0.3 is 9.47 Å². The van der Waals surface area contributed by atoms with Crippen LogP contribution in [0.5, 0.6) is 0 Å². The van der Waals surface area contributed by atoms with Gasteiger partial charge in [-0.25, -0.2) is 0 Å². The standard InChI is InChI=1S/C26H24O2/c1-19-14-16-21(17-15-19)24-18-25(22-10-6-4-7-11-22)28-26(27-3,20(24)2)23-12-8-5-9-13-23/h4-18H,1-3H3. The van der Waals surface area contributed by atoms with Gasteiger partial charge in [0.25, 0.3) is 5.79 Å². The normalized spacial score (nSPS) is 19.2. The first-order valence-electron chi connectivity index (χ1n) is 9.49. The van der Waals surface area contributed by atoms with Crippen LogP contribution in [0.3, 0.4) is 0 Å². The van der Waals surface area contributed by atoms with Gasteiger partial charge in [0.05, 0.1) is 0 Å². The summed E-state index contributed by atoms with van der Waals surface area (Å²) in [6.07, 6.45) is 2.12. The molecule has 0 saturated heterocycles. The highest BCUT2D eigenvalue weighted by Crippen LogP contribution is 2.46. The second-order valence-electron chi connectivity index (χ2n) is 7.07. The van der Waals surface area contributed by atoms with Gasteiger partial charge in [0, 0.05) is 23.8 Å². The predicted octanol–water partition coefficient (Wildman–Crippen LogP) is 6.34. The Labute approximate surface area is 166 Å². The number of aryl methyl sites for hydroxylation is 1. The Bertz CT molecular complexity index is 1020. The molecular weight excluding hydrogens is 344 g/mol. The Hall–Kier alpha value is -3.10. The van der Waals surface area contributed by atoms with Crippen LogP contribution in [0.2, 0.25) is 0 Å². The summed E-state index contributed by atoms with van der Waals surface area (Å²) in [6.45, 7) is 4.19. The van der Waals surface area contributed by atoms with Crippen molar-refractivity contribution < 1.29 is 9.47 Å². The first kappa shape index (κ1) is 18.3. The van der Waals surface area contributed by atoms with Gasteiger partial charge in [-0.2, -0.15) is 0 Å². The van der Waals surface area contributed by atoms with Crippen LogP contribution < -0.4 is 0 Å². The summed E-state index contributed by atoms with van der Waals surface area (Å²) in [4.78, 5) is 0. The van der Waals surface area contributed by atoms with Gasteiger partial charge in [0.1, 0.15) is 5.76 Å². The van der Waals surface area contributed by atoms with Gasteiger partial charge in [-0.05, 0) is 31.1 Å². The van der Waals surface area contributed by atoms with Crippen molar-refractivity contribution in [3.63, 3.8) is 0 Å². The molecule has 0 bridgehead atoms.